The Morgan fingerprint density at radius 3 is 2.92 bits per heavy atom. The van der Waals surface area contributed by atoms with Gasteiger partial charge in [0.25, 0.3) is 0 Å². The smallest absolute Gasteiger partial charge is 0.322 e. The largest absolute Gasteiger partial charge is 0.491 e. The lowest BCUT2D eigenvalue weighted by molar-refractivity contribution is 0.135. The van der Waals surface area contributed by atoms with E-state index < -0.39 is 6.67 Å². The van der Waals surface area contributed by atoms with E-state index in [9.17, 15) is 14.3 Å². The number of fused-ring (bicyclic) bond motifs is 1. The molecule has 0 saturated carbocycles. The van der Waals surface area contributed by atoms with Gasteiger partial charge in [0.05, 0.1) is 12.6 Å². The maximum Gasteiger partial charge on any atom is 0.322 e. The van der Waals surface area contributed by atoms with Crippen molar-refractivity contribution in [3.05, 3.63) is 59.7 Å². The summed E-state index contributed by atoms with van der Waals surface area (Å²) in [5.41, 5.74) is 2.70. The van der Waals surface area contributed by atoms with Crippen LogP contribution in [0.15, 0.2) is 48.5 Å². The Morgan fingerprint density at radius 1 is 1.28 bits per heavy atom. The van der Waals surface area contributed by atoms with E-state index in [1.807, 2.05) is 24.3 Å². The van der Waals surface area contributed by atoms with Crippen molar-refractivity contribution >= 4 is 11.7 Å². The van der Waals surface area contributed by atoms with Gasteiger partial charge < -0.3 is 20.1 Å². The van der Waals surface area contributed by atoms with Crippen LogP contribution in [0.3, 0.4) is 0 Å². The van der Waals surface area contributed by atoms with E-state index in [-0.39, 0.29) is 25.3 Å². The molecule has 2 N–H and O–H groups in total. The summed E-state index contributed by atoms with van der Waals surface area (Å²) < 4.78 is 17.4. The Balaban J connectivity index is 1.73. The van der Waals surface area contributed by atoms with Crippen molar-refractivity contribution in [2.45, 2.75) is 12.5 Å². The highest BCUT2D eigenvalue weighted by atomic mass is 19.1. The summed E-state index contributed by atoms with van der Waals surface area (Å²) in [5.74, 6) is 0.498. The number of rotatable bonds is 5. The van der Waals surface area contributed by atoms with E-state index in [1.54, 1.807) is 29.2 Å². The van der Waals surface area contributed by atoms with Crippen molar-refractivity contribution in [3.8, 4) is 5.75 Å². The van der Waals surface area contributed by atoms with Gasteiger partial charge in [-0.1, -0.05) is 30.3 Å². The van der Waals surface area contributed by atoms with Gasteiger partial charge in [-0.25, -0.2) is 9.18 Å². The minimum Gasteiger partial charge on any atom is -0.491 e. The number of carbonyl (C=O) groups is 1. The van der Waals surface area contributed by atoms with Crippen molar-refractivity contribution < 1.29 is 19.0 Å². The molecule has 0 spiro atoms. The predicted molar refractivity (Wildman–Crippen MR) is 93.6 cm³/mol. The molecule has 6 heteroatoms. The number of anilines is 1. The van der Waals surface area contributed by atoms with Gasteiger partial charge in [0.1, 0.15) is 19.0 Å². The number of carbonyl (C=O) groups excluding carboxylic acids is 1. The van der Waals surface area contributed by atoms with Crippen LogP contribution in [-0.4, -0.2) is 42.5 Å². The van der Waals surface area contributed by atoms with Gasteiger partial charge >= 0.3 is 6.03 Å². The van der Waals surface area contributed by atoms with Gasteiger partial charge in [-0.15, -0.1) is 0 Å². The van der Waals surface area contributed by atoms with Gasteiger partial charge in [-0.2, -0.15) is 0 Å². The number of hydrogen-bond donors (Lipinski definition) is 2. The molecule has 5 nitrogen and oxygen atoms in total. The SMILES string of the molecule is O=C(Nc1cccc(OCCF)c1)N1CCc2ccccc2C1CO. The average molecular weight is 344 g/mol. The third-order valence-electron chi connectivity index (χ3n) is 4.28. The summed E-state index contributed by atoms with van der Waals surface area (Å²) in [6.07, 6.45) is 0.750. The summed E-state index contributed by atoms with van der Waals surface area (Å²) >= 11 is 0. The summed E-state index contributed by atoms with van der Waals surface area (Å²) in [7, 11) is 0. The van der Waals surface area contributed by atoms with Crippen molar-refractivity contribution in [3.63, 3.8) is 0 Å². The molecule has 3 rings (SSSR count). The molecule has 0 aliphatic carbocycles. The summed E-state index contributed by atoms with van der Waals surface area (Å²) in [5, 5.41) is 12.6. The van der Waals surface area contributed by atoms with Gasteiger partial charge in [0.2, 0.25) is 0 Å². The molecule has 0 bridgehead atoms. The minimum atomic E-state index is -0.568. The fourth-order valence-electron chi connectivity index (χ4n) is 3.11. The molecule has 1 aliphatic rings. The number of nitrogens with one attached hydrogen (secondary N) is 1. The van der Waals surface area contributed by atoms with Crippen LogP contribution < -0.4 is 10.1 Å². The van der Waals surface area contributed by atoms with Crippen LogP contribution in [0.4, 0.5) is 14.9 Å². The van der Waals surface area contributed by atoms with Crippen LogP contribution >= 0.6 is 0 Å². The Morgan fingerprint density at radius 2 is 2.12 bits per heavy atom. The monoisotopic (exact) mass is 344 g/mol. The number of nitrogens with zero attached hydrogens (tertiary/aromatic N) is 1. The number of ether oxygens (including phenoxy) is 1. The second-order valence-corrected chi connectivity index (χ2v) is 5.84. The van der Waals surface area contributed by atoms with Crippen molar-refractivity contribution in [2.24, 2.45) is 0 Å². The zero-order chi connectivity index (χ0) is 17.6. The van der Waals surface area contributed by atoms with Crippen molar-refractivity contribution in [1.82, 2.24) is 4.90 Å². The third-order valence-corrected chi connectivity index (χ3v) is 4.28. The highest BCUT2D eigenvalue weighted by Crippen LogP contribution is 2.30. The maximum absolute atomic E-state index is 12.7. The summed E-state index contributed by atoms with van der Waals surface area (Å²) in [4.78, 5) is 14.3. The normalized spacial score (nSPS) is 16.2. The molecule has 2 aromatic rings. The molecule has 2 amide bonds. The standard InChI is InChI=1S/C19H21FN2O3/c20-9-11-25-16-6-3-5-15(12-16)21-19(24)22-10-8-14-4-1-2-7-17(14)18(22)13-23/h1-7,12,18,23H,8-11,13H2,(H,21,24). The summed E-state index contributed by atoms with van der Waals surface area (Å²) in [6, 6.07) is 14.0. The summed E-state index contributed by atoms with van der Waals surface area (Å²) in [6.45, 7) is -0.189. The lowest BCUT2D eigenvalue weighted by Gasteiger charge is -2.36. The molecule has 1 unspecified atom stereocenters. The van der Waals surface area contributed by atoms with Gasteiger partial charge in [0.15, 0.2) is 0 Å². The first kappa shape index (κ1) is 17.2. The number of aliphatic hydroxyl groups excluding tert-OH is 1. The first-order valence-corrected chi connectivity index (χ1v) is 8.28. The first-order chi connectivity index (χ1) is 12.2. The van der Waals surface area contributed by atoms with Gasteiger partial charge in [-0.05, 0) is 29.7 Å². The number of hydrogen-bond acceptors (Lipinski definition) is 3. The zero-order valence-electron chi connectivity index (χ0n) is 13.8. The lowest BCUT2D eigenvalue weighted by atomic mass is 9.93. The molecule has 0 aromatic heterocycles. The van der Waals surface area contributed by atoms with E-state index in [0.29, 0.717) is 18.0 Å². The molecule has 2 aromatic carbocycles. The van der Waals surface area contributed by atoms with E-state index in [4.69, 9.17) is 4.74 Å². The molecule has 132 valence electrons. The maximum atomic E-state index is 12.7. The van der Waals surface area contributed by atoms with Crippen LogP contribution in [-0.2, 0) is 6.42 Å². The lowest BCUT2D eigenvalue weighted by Crippen LogP contribution is -2.43. The number of halogens is 1. The molecule has 0 saturated heterocycles. The second-order valence-electron chi connectivity index (χ2n) is 5.84. The number of amides is 2. The molecule has 25 heavy (non-hydrogen) atoms. The van der Waals surface area contributed by atoms with Crippen molar-refractivity contribution in [2.75, 3.05) is 31.7 Å². The van der Waals surface area contributed by atoms with Crippen LogP contribution in [0.5, 0.6) is 5.75 Å². The molecule has 1 heterocycles. The average Bonchev–Trinajstić information content (AvgIpc) is 2.65. The Hall–Kier alpha value is -2.60. The fraction of sp³-hybridized carbons (Fsp3) is 0.316. The fourth-order valence-corrected chi connectivity index (χ4v) is 3.11. The molecular formula is C19H21FN2O3. The van der Waals surface area contributed by atoms with Crippen LogP contribution in [0.1, 0.15) is 17.2 Å². The topological polar surface area (TPSA) is 61.8 Å². The van der Waals surface area contributed by atoms with E-state index >= 15 is 0 Å². The number of alkyl halides is 1. The minimum absolute atomic E-state index is 0.0209. The van der Waals surface area contributed by atoms with Gasteiger partial charge in [0, 0.05) is 18.3 Å². The molecule has 0 radical (unpaired) electrons. The Kier molecular flexibility index (Phi) is 5.50. The van der Waals surface area contributed by atoms with Crippen molar-refractivity contribution in [1.29, 1.82) is 0 Å². The molecular weight excluding hydrogens is 323 g/mol. The highest BCUT2D eigenvalue weighted by Gasteiger charge is 2.30. The number of urea groups is 1. The highest BCUT2D eigenvalue weighted by molar-refractivity contribution is 5.90. The van der Waals surface area contributed by atoms with E-state index in [1.165, 1.54) is 0 Å². The second kappa shape index (κ2) is 7.98. The van der Waals surface area contributed by atoms with Crippen LogP contribution in [0, 0.1) is 0 Å². The number of aliphatic hydroxyl groups is 1. The molecule has 1 atom stereocenters. The quantitative estimate of drug-likeness (QED) is 0.876. The molecule has 0 fully saturated rings. The van der Waals surface area contributed by atoms with Crippen LogP contribution in [0.25, 0.3) is 0 Å². The Labute approximate surface area is 146 Å². The van der Waals surface area contributed by atoms with E-state index in [0.717, 1.165) is 17.5 Å². The first-order valence-electron chi connectivity index (χ1n) is 8.28. The predicted octanol–water partition coefficient (Wildman–Crippen LogP) is 3.16. The molecule has 1 aliphatic heterocycles. The zero-order valence-corrected chi connectivity index (χ0v) is 13.8. The van der Waals surface area contributed by atoms with Crippen LogP contribution in [0.2, 0.25) is 0 Å². The van der Waals surface area contributed by atoms with E-state index in [2.05, 4.69) is 5.32 Å². The Bertz CT molecular complexity index is 738. The number of benzene rings is 2. The van der Waals surface area contributed by atoms with Gasteiger partial charge in [-0.3, -0.25) is 0 Å². The third kappa shape index (κ3) is 3.91.